The van der Waals surface area contributed by atoms with E-state index in [1.807, 2.05) is 34.5 Å². The Morgan fingerprint density at radius 3 is 2.75 bits per heavy atom. The highest BCUT2D eigenvalue weighted by atomic mass is 79.9. The average Bonchev–Trinajstić information content (AvgIpc) is 3.21. The Hall–Kier alpha value is -2.22. The molecule has 0 unspecified atom stereocenters. The minimum atomic E-state index is -0.0148. The van der Waals surface area contributed by atoms with Gasteiger partial charge in [-0.15, -0.1) is 11.3 Å². The van der Waals surface area contributed by atoms with Crippen LogP contribution in [0.3, 0.4) is 0 Å². The second-order valence-electron chi connectivity index (χ2n) is 7.81. The van der Waals surface area contributed by atoms with E-state index in [-0.39, 0.29) is 5.91 Å². The molecule has 3 rings (SSSR count). The van der Waals surface area contributed by atoms with E-state index in [4.69, 9.17) is 14.5 Å². The van der Waals surface area contributed by atoms with Gasteiger partial charge < -0.3 is 14.4 Å². The summed E-state index contributed by atoms with van der Waals surface area (Å²) >= 11 is 5.01. The standard InChI is InChI=1S/C25H29BrN2O3S/c1-17-11-18(2)19(3)23(12-17)31-15-24-27-22(16-32-24)14-28(9-6-10-30-4)25(29)20-7-5-8-21(26)13-20/h5,7-8,11-13,16H,6,9-10,14-15H2,1-4H3. The predicted octanol–water partition coefficient (Wildman–Crippen LogP) is 6.09. The summed E-state index contributed by atoms with van der Waals surface area (Å²) in [4.78, 5) is 19.7. The smallest absolute Gasteiger partial charge is 0.254 e. The Labute approximate surface area is 202 Å². The van der Waals surface area contributed by atoms with Gasteiger partial charge >= 0.3 is 0 Å². The number of amides is 1. The molecule has 0 bridgehead atoms. The van der Waals surface area contributed by atoms with Gasteiger partial charge in [0.25, 0.3) is 5.91 Å². The molecule has 1 amide bonds. The molecule has 5 nitrogen and oxygen atoms in total. The highest BCUT2D eigenvalue weighted by molar-refractivity contribution is 9.10. The topological polar surface area (TPSA) is 51.7 Å². The summed E-state index contributed by atoms with van der Waals surface area (Å²) in [5.74, 6) is 0.879. The van der Waals surface area contributed by atoms with Crippen LogP contribution in [0.25, 0.3) is 0 Å². The van der Waals surface area contributed by atoms with Crippen molar-refractivity contribution >= 4 is 33.2 Å². The van der Waals surface area contributed by atoms with E-state index >= 15 is 0 Å². The van der Waals surface area contributed by atoms with Crippen molar-refractivity contribution in [3.8, 4) is 5.75 Å². The molecule has 0 saturated heterocycles. The van der Waals surface area contributed by atoms with Gasteiger partial charge in [-0.3, -0.25) is 4.79 Å². The minimum Gasteiger partial charge on any atom is -0.486 e. The number of thiazole rings is 1. The van der Waals surface area contributed by atoms with E-state index in [2.05, 4.69) is 48.8 Å². The molecule has 0 aliphatic carbocycles. The van der Waals surface area contributed by atoms with Gasteiger partial charge in [0.1, 0.15) is 17.4 Å². The highest BCUT2D eigenvalue weighted by Crippen LogP contribution is 2.25. The molecule has 0 saturated carbocycles. The van der Waals surface area contributed by atoms with E-state index in [0.717, 1.165) is 32.9 Å². The molecule has 1 aromatic heterocycles. The van der Waals surface area contributed by atoms with Crippen LogP contribution in [0, 0.1) is 20.8 Å². The van der Waals surface area contributed by atoms with Crippen LogP contribution in [0.2, 0.25) is 0 Å². The maximum atomic E-state index is 13.1. The van der Waals surface area contributed by atoms with Crippen molar-refractivity contribution in [3.63, 3.8) is 0 Å². The van der Waals surface area contributed by atoms with Crippen molar-refractivity contribution in [1.82, 2.24) is 9.88 Å². The molecular formula is C25H29BrN2O3S. The van der Waals surface area contributed by atoms with Gasteiger partial charge in [-0.25, -0.2) is 4.98 Å². The van der Waals surface area contributed by atoms with E-state index in [9.17, 15) is 4.79 Å². The number of ether oxygens (including phenoxy) is 2. The van der Waals surface area contributed by atoms with Gasteiger partial charge in [0.2, 0.25) is 0 Å². The highest BCUT2D eigenvalue weighted by Gasteiger charge is 2.18. The number of methoxy groups -OCH3 is 1. The summed E-state index contributed by atoms with van der Waals surface area (Å²) in [5.41, 5.74) is 5.07. The molecule has 0 spiro atoms. The number of aromatic nitrogens is 1. The summed E-state index contributed by atoms with van der Waals surface area (Å²) in [6, 6.07) is 11.7. The summed E-state index contributed by atoms with van der Waals surface area (Å²) in [5, 5.41) is 2.90. The number of hydrogen-bond donors (Lipinski definition) is 0. The zero-order chi connectivity index (χ0) is 23.1. The number of nitrogens with zero attached hydrogens (tertiary/aromatic N) is 2. The van der Waals surface area contributed by atoms with E-state index < -0.39 is 0 Å². The molecule has 1 heterocycles. The molecule has 0 fully saturated rings. The number of rotatable bonds is 10. The number of carbonyl (C=O) groups is 1. The Morgan fingerprint density at radius 1 is 1.19 bits per heavy atom. The monoisotopic (exact) mass is 516 g/mol. The molecule has 170 valence electrons. The lowest BCUT2D eigenvalue weighted by molar-refractivity contribution is 0.0721. The second-order valence-corrected chi connectivity index (χ2v) is 9.67. The molecule has 0 radical (unpaired) electrons. The third kappa shape index (κ3) is 6.64. The first kappa shape index (κ1) is 24.4. The SMILES string of the molecule is COCCCN(Cc1csc(COc2cc(C)cc(C)c2C)n1)C(=O)c1cccc(Br)c1. The van der Waals surface area contributed by atoms with Gasteiger partial charge in [-0.05, 0) is 68.1 Å². The van der Waals surface area contributed by atoms with Crippen LogP contribution >= 0.6 is 27.3 Å². The lowest BCUT2D eigenvalue weighted by Gasteiger charge is -2.22. The molecule has 7 heteroatoms. The lowest BCUT2D eigenvalue weighted by Crippen LogP contribution is -2.32. The third-order valence-electron chi connectivity index (χ3n) is 5.20. The normalized spacial score (nSPS) is 10.9. The van der Waals surface area contributed by atoms with Gasteiger partial charge in [0.05, 0.1) is 12.2 Å². The quantitative estimate of drug-likeness (QED) is 0.306. The maximum absolute atomic E-state index is 13.1. The molecule has 3 aromatic rings. The van der Waals surface area contributed by atoms with Crippen LogP contribution < -0.4 is 4.74 Å². The first-order valence-corrected chi connectivity index (χ1v) is 12.2. The zero-order valence-corrected chi connectivity index (χ0v) is 21.4. The first-order chi connectivity index (χ1) is 15.4. The maximum Gasteiger partial charge on any atom is 0.254 e. The van der Waals surface area contributed by atoms with E-state index in [0.29, 0.717) is 31.9 Å². The number of halogens is 1. The molecule has 0 aliphatic heterocycles. The van der Waals surface area contributed by atoms with Crippen molar-refractivity contribution in [3.05, 3.63) is 79.2 Å². The molecule has 0 aliphatic rings. The number of benzene rings is 2. The molecule has 0 atom stereocenters. The fourth-order valence-corrected chi connectivity index (χ4v) is 4.53. The average molecular weight is 517 g/mol. The van der Waals surface area contributed by atoms with Crippen LogP contribution in [0.5, 0.6) is 5.75 Å². The van der Waals surface area contributed by atoms with Crippen molar-refractivity contribution in [2.45, 2.75) is 40.3 Å². The minimum absolute atomic E-state index is 0.0148. The van der Waals surface area contributed by atoms with Crippen LogP contribution in [-0.2, 0) is 17.9 Å². The summed E-state index contributed by atoms with van der Waals surface area (Å²) < 4.78 is 12.1. The van der Waals surface area contributed by atoms with Crippen LogP contribution in [0.15, 0.2) is 46.3 Å². The first-order valence-electron chi connectivity index (χ1n) is 10.5. The van der Waals surface area contributed by atoms with E-state index in [1.165, 1.54) is 11.1 Å². The Kier molecular flexibility index (Phi) is 8.84. The van der Waals surface area contributed by atoms with Gasteiger partial charge in [-0.1, -0.05) is 28.1 Å². The number of aryl methyl sites for hydroxylation is 2. The van der Waals surface area contributed by atoms with Crippen molar-refractivity contribution < 1.29 is 14.3 Å². The molecular weight excluding hydrogens is 488 g/mol. The Morgan fingerprint density at radius 2 is 2.00 bits per heavy atom. The summed E-state index contributed by atoms with van der Waals surface area (Å²) in [6.07, 6.45) is 0.766. The fraction of sp³-hybridized carbons (Fsp3) is 0.360. The van der Waals surface area contributed by atoms with Gasteiger partial charge in [0.15, 0.2) is 0 Å². The fourth-order valence-electron chi connectivity index (χ4n) is 3.43. The molecule has 32 heavy (non-hydrogen) atoms. The summed E-state index contributed by atoms with van der Waals surface area (Å²) in [7, 11) is 1.67. The van der Waals surface area contributed by atoms with Gasteiger partial charge in [-0.2, -0.15) is 0 Å². The second kappa shape index (κ2) is 11.6. The third-order valence-corrected chi connectivity index (χ3v) is 6.57. The van der Waals surface area contributed by atoms with Crippen LogP contribution in [-0.4, -0.2) is 36.1 Å². The molecule has 0 N–H and O–H groups in total. The Bertz CT molecular complexity index is 1070. The predicted molar refractivity (Wildman–Crippen MR) is 132 cm³/mol. The zero-order valence-electron chi connectivity index (χ0n) is 19.0. The summed E-state index contributed by atoms with van der Waals surface area (Å²) in [6.45, 7) is 8.31. The van der Waals surface area contributed by atoms with Gasteiger partial charge in [0, 0.05) is 35.7 Å². The number of carbonyl (C=O) groups excluding carboxylic acids is 1. The van der Waals surface area contributed by atoms with Crippen molar-refractivity contribution in [2.24, 2.45) is 0 Å². The molecule has 2 aromatic carbocycles. The largest absolute Gasteiger partial charge is 0.486 e. The van der Waals surface area contributed by atoms with Crippen LogP contribution in [0.1, 0.15) is 44.2 Å². The lowest BCUT2D eigenvalue weighted by atomic mass is 10.1. The van der Waals surface area contributed by atoms with E-state index in [1.54, 1.807) is 18.4 Å². The van der Waals surface area contributed by atoms with Crippen molar-refractivity contribution in [2.75, 3.05) is 20.3 Å². The van der Waals surface area contributed by atoms with Crippen molar-refractivity contribution in [1.29, 1.82) is 0 Å². The number of hydrogen-bond acceptors (Lipinski definition) is 5. The van der Waals surface area contributed by atoms with Crippen LogP contribution in [0.4, 0.5) is 0 Å². The Balaban J connectivity index is 1.69.